The van der Waals surface area contributed by atoms with Crippen molar-refractivity contribution < 1.29 is 19.6 Å². The van der Waals surface area contributed by atoms with Crippen LogP contribution in [0.5, 0.6) is 5.75 Å². The predicted octanol–water partition coefficient (Wildman–Crippen LogP) is 1.63. The maximum atomic E-state index is 11.8. The number of phenolic OH excluding ortho intramolecular Hbond substituents is 1. The van der Waals surface area contributed by atoms with Gasteiger partial charge in [-0.25, -0.2) is 5.43 Å². The van der Waals surface area contributed by atoms with E-state index >= 15 is 0 Å². The average molecular weight is 356 g/mol. The Hall–Kier alpha value is -3.75. The van der Waals surface area contributed by atoms with Crippen molar-refractivity contribution in [2.75, 3.05) is 0 Å². The number of nitrogens with zero attached hydrogens (tertiary/aromatic N) is 2. The van der Waals surface area contributed by atoms with Gasteiger partial charge in [-0.2, -0.15) is 5.10 Å². The number of hydrogen-bond acceptors (Lipinski definition) is 6. The number of aromatic hydroxyl groups is 1. The molecule has 2 aromatic carbocycles. The van der Waals surface area contributed by atoms with Gasteiger partial charge in [0.15, 0.2) is 5.75 Å². The van der Waals surface area contributed by atoms with Gasteiger partial charge >= 0.3 is 17.5 Å². The third-order valence-corrected chi connectivity index (χ3v) is 3.43. The Morgan fingerprint density at radius 3 is 2.54 bits per heavy atom. The first-order chi connectivity index (χ1) is 12.4. The second-order valence-electron chi connectivity index (χ2n) is 5.31. The molecule has 9 heteroatoms. The second kappa shape index (κ2) is 8.38. The van der Waals surface area contributed by atoms with Gasteiger partial charge in [0.1, 0.15) is 0 Å². The van der Waals surface area contributed by atoms with Crippen molar-refractivity contribution in [2.24, 2.45) is 5.10 Å². The van der Waals surface area contributed by atoms with Gasteiger partial charge in [0.05, 0.1) is 17.2 Å². The van der Waals surface area contributed by atoms with Crippen molar-refractivity contribution in [2.45, 2.75) is 13.0 Å². The van der Waals surface area contributed by atoms with Crippen molar-refractivity contribution in [3.05, 3.63) is 69.8 Å². The fourth-order valence-electron chi connectivity index (χ4n) is 2.07. The number of rotatable bonds is 5. The summed E-state index contributed by atoms with van der Waals surface area (Å²) in [5.41, 5.74) is 2.66. The number of benzene rings is 2. The van der Waals surface area contributed by atoms with E-state index in [4.69, 9.17) is 0 Å². The Morgan fingerprint density at radius 2 is 1.88 bits per heavy atom. The van der Waals surface area contributed by atoms with E-state index in [0.717, 1.165) is 23.9 Å². The zero-order valence-corrected chi connectivity index (χ0v) is 13.7. The summed E-state index contributed by atoms with van der Waals surface area (Å²) < 4.78 is 0. The minimum atomic E-state index is -0.975. The number of nitro benzene ring substituents is 1. The minimum Gasteiger partial charge on any atom is -0.502 e. The summed E-state index contributed by atoms with van der Waals surface area (Å²) in [4.78, 5) is 33.6. The van der Waals surface area contributed by atoms with Crippen LogP contribution in [-0.2, 0) is 9.59 Å². The number of hydrazone groups is 1. The average Bonchev–Trinajstić information content (AvgIpc) is 2.63. The Bertz CT molecular complexity index is 851. The third-order valence-electron chi connectivity index (χ3n) is 3.43. The summed E-state index contributed by atoms with van der Waals surface area (Å²) in [6.45, 7) is 1.74. The van der Waals surface area contributed by atoms with Crippen LogP contribution in [0.1, 0.15) is 24.1 Å². The molecule has 0 heterocycles. The Labute approximate surface area is 148 Å². The highest BCUT2D eigenvalue weighted by Gasteiger charge is 2.16. The smallest absolute Gasteiger partial charge is 0.329 e. The number of amides is 2. The summed E-state index contributed by atoms with van der Waals surface area (Å²) >= 11 is 0. The van der Waals surface area contributed by atoms with E-state index in [1.165, 1.54) is 6.07 Å². The Balaban J connectivity index is 1.93. The van der Waals surface area contributed by atoms with Crippen LogP contribution >= 0.6 is 0 Å². The molecule has 0 aromatic heterocycles. The molecule has 0 aliphatic rings. The second-order valence-corrected chi connectivity index (χ2v) is 5.31. The monoisotopic (exact) mass is 356 g/mol. The lowest BCUT2D eigenvalue weighted by molar-refractivity contribution is -0.385. The molecular weight excluding hydrogens is 340 g/mol. The molecule has 2 aromatic rings. The highest BCUT2D eigenvalue weighted by molar-refractivity contribution is 6.35. The number of phenols is 1. The molecule has 2 rings (SSSR count). The molecule has 26 heavy (non-hydrogen) atoms. The number of nitro groups is 1. The fourth-order valence-corrected chi connectivity index (χ4v) is 2.07. The van der Waals surface area contributed by atoms with E-state index in [1.807, 2.05) is 35.8 Å². The van der Waals surface area contributed by atoms with Crippen LogP contribution in [0.3, 0.4) is 0 Å². The van der Waals surface area contributed by atoms with Crippen molar-refractivity contribution in [3.63, 3.8) is 0 Å². The SMILES string of the molecule is C[C@H](NC(=O)C(=O)N/N=C\c1ccc(O)c([N+](=O)[O-])c1)c1ccccc1. The Kier molecular flexibility index (Phi) is 5.99. The molecule has 0 saturated heterocycles. The van der Waals surface area contributed by atoms with Gasteiger partial charge in [-0.05, 0) is 24.6 Å². The zero-order valence-electron chi connectivity index (χ0n) is 13.7. The van der Waals surface area contributed by atoms with E-state index < -0.39 is 28.2 Å². The van der Waals surface area contributed by atoms with Gasteiger partial charge in [0, 0.05) is 11.6 Å². The van der Waals surface area contributed by atoms with Gasteiger partial charge in [-0.15, -0.1) is 0 Å². The summed E-state index contributed by atoms with van der Waals surface area (Å²) in [5, 5.41) is 26.2. The largest absolute Gasteiger partial charge is 0.502 e. The normalized spacial score (nSPS) is 11.7. The van der Waals surface area contributed by atoms with Crippen molar-refractivity contribution in [3.8, 4) is 5.75 Å². The predicted molar refractivity (Wildman–Crippen MR) is 93.5 cm³/mol. The maximum absolute atomic E-state index is 11.8. The quantitative estimate of drug-likeness (QED) is 0.324. The van der Waals surface area contributed by atoms with E-state index in [9.17, 15) is 24.8 Å². The lowest BCUT2D eigenvalue weighted by Gasteiger charge is -2.13. The van der Waals surface area contributed by atoms with Crippen LogP contribution in [-0.4, -0.2) is 28.1 Å². The highest BCUT2D eigenvalue weighted by atomic mass is 16.6. The van der Waals surface area contributed by atoms with Gasteiger partial charge in [-0.3, -0.25) is 19.7 Å². The first kappa shape index (κ1) is 18.6. The van der Waals surface area contributed by atoms with Gasteiger partial charge in [0.2, 0.25) is 0 Å². The highest BCUT2D eigenvalue weighted by Crippen LogP contribution is 2.25. The number of hydrogen-bond donors (Lipinski definition) is 3. The topological polar surface area (TPSA) is 134 Å². The number of nitrogens with one attached hydrogen (secondary N) is 2. The van der Waals surface area contributed by atoms with Crippen LogP contribution in [0.25, 0.3) is 0 Å². The van der Waals surface area contributed by atoms with Crippen LogP contribution in [0, 0.1) is 10.1 Å². The van der Waals surface area contributed by atoms with E-state index in [1.54, 1.807) is 6.92 Å². The van der Waals surface area contributed by atoms with E-state index in [0.29, 0.717) is 0 Å². The van der Waals surface area contributed by atoms with Gasteiger partial charge < -0.3 is 10.4 Å². The molecule has 3 N–H and O–H groups in total. The van der Waals surface area contributed by atoms with Crippen LogP contribution in [0.4, 0.5) is 5.69 Å². The lowest BCUT2D eigenvalue weighted by Crippen LogP contribution is -2.39. The van der Waals surface area contributed by atoms with Crippen molar-refractivity contribution in [1.29, 1.82) is 0 Å². The standard InChI is InChI=1S/C17H16N4O5/c1-11(13-5-3-2-4-6-13)19-16(23)17(24)20-18-10-12-7-8-15(22)14(9-12)21(25)26/h2-11,22H,1H3,(H,19,23)(H,20,24)/b18-10-/t11-/m0/s1. The lowest BCUT2D eigenvalue weighted by atomic mass is 10.1. The fraction of sp³-hybridized carbons (Fsp3) is 0.118. The summed E-state index contributed by atoms with van der Waals surface area (Å²) in [6, 6.07) is 12.3. The first-order valence-electron chi connectivity index (χ1n) is 7.54. The molecule has 0 aliphatic heterocycles. The summed E-state index contributed by atoms with van der Waals surface area (Å²) in [5.74, 6) is -2.32. The molecule has 0 bridgehead atoms. The molecule has 134 valence electrons. The maximum Gasteiger partial charge on any atom is 0.329 e. The molecule has 9 nitrogen and oxygen atoms in total. The van der Waals surface area contributed by atoms with E-state index in [2.05, 4.69) is 10.4 Å². The third kappa shape index (κ3) is 4.87. The molecule has 1 atom stereocenters. The van der Waals surface area contributed by atoms with Gasteiger partial charge in [-0.1, -0.05) is 30.3 Å². The first-order valence-corrected chi connectivity index (χ1v) is 7.54. The summed E-state index contributed by atoms with van der Waals surface area (Å²) in [7, 11) is 0. The minimum absolute atomic E-state index is 0.271. The molecule has 0 fully saturated rings. The van der Waals surface area contributed by atoms with Crippen LogP contribution < -0.4 is 10.7 Å². The number of carbonyl (C=O) groups is 2. The molecule has 0 radical (unpaired) electrons. The van der Waals surface area contributed by atoms with Crippen molar-refractivity contribution >= 4 is 23.7 Å². The molecular formula is C17H16N4O5. The van der Waals surface area contributed by atoms with Crippen LogP contribution in [0.15, 0.2) is 53.6 Å². The van der Waals surface area contributed by atoms with E-state index in [-0.39, 0.29) is 11.6 Å². The van der Waals surface area contributed by atoms with Gasteiger partial charge in [0.25, 0.3) is 0 Å². The van der Waals surface area contributed by atoms with Crippen LogP contribution in [0.2, 0.25) is 0 Å². The number of carbonyl (C=O) groups excluding carboxylic acids is 2. The summed E-state index contributed by atoms with van der Waals surface area (Å²) in [6.07, 6.45) is 1.12. The zero-order chi connectivity index (χ0) is 19.1. The Morgan fingerprint density at radius 1 is 1.19 bits per heavy atom. The molecule has 0 saturated carbocycles. The molecule has 0 spiro atoms. The molecule has 2 amide bonds. The molecule has 0 aliphatic carbocycles. The molecule has 0 unspecified atom stereocenters. The van der Waals surface area contributed by atoms with Crippen molar-refractivity contribution in [1.82, 2.24) is 10.7 Å².